The molecule has 0 saturated heterocycles. The molecule has 0 aliphatic carbocycles. The highest BCUT2D eigenvalue weighted by atomic mass is 31.2. The maximum atomic E-state index is 12.9. The summed E-state index contributed by atoms with van der Waals surface area (Å²) >= 11 is 0. The zero-order valence-electron chi connectivity index (χ0n) is 36.4. The molecule has 1 amide bonds. The van der Waals surface area contributed by atoms with Crippen LogP contribution in [0.15, 0.2) is 48.6 Å². The maximum absolute atomic E-state index is 12.9. The highest BCUT2D eigenvalue weighted by Gasteiger charge is 2.28. The number of likely N-dealkylation sites (N-methyl/N-ethyl adjacent to an activating group) is 1. The van der Waals surface area contributed by atoms with Gasteiger partial charge in [0.15, 0.2) is 0 Å². The van der Waals surface area contributed by atoms with Crippen molar-refractivity contribution >= 4 is 13.7 Å². The van der Waals surface area contributed by atoms with Crippen LogP contribution in [0.3, 0.4) is 0 Å². The van der Waals surface area contributed by atoms with Crippen LogP contribution in [-0.4, -0.2) is 73.4 Å². The van der Waals surface area contributed by atoms with Gasteiger partial charge in [0.25, 0.3) is 0 Å². The van der Waals surface area contributed by atoms with Gasteiger partial charge in [-0.15, -0.1) is 0 Å². The SMILES string of the molecule is CC/C=C\C/C=C\C/C=C\C/C=C\CCCCCCCCC(=O)NC(COP(=O)(O)OCC[N+](C)(C)C)C(O)CCCCCCCCCCCCCCCC. The van der Waals surface area contributed by atoms with E-state index in [0.29, 0.717) is 23.9 Å². The topological polar surface area (TPSA) is 105 Å². The van der Waals surface area contributed by atoms with Crippen LogP contribution in [-0.2, 0) is 18.4 Å². The second-order valence-electron chi connectivity index (χ2n) is 16.4. The molecule has 8 nitrogen and oxygen atoms in total. The number of hydrogen-bond acceptors (Lipinski definition) is 5. The molecule has 0 rings (SSSR count). The van der Waals surface area contributed by atoms with E-state index in [1.165, 1.54) is 83.5 Å². The van der Waals surface area contributed by atoms with Gasteiger partial charge in [0, 0.05) is 6.42 Å². The fourth-order valence-electron chi connectivity index (χ4n) is 6.27. The lowest BCUT2D eigenvalue weighted by atomic mass is 10.0. The third-order valence-corrected chi connectivity index (χ3v) is 10.8. The monoisotopic (exact) mass is 796 g/mol. The van der Waals surface area contributed by atoms with Crippen molar-refractivity contribution in [2.24, 2.45) is 0 Å². The molecule has 0 aromatic heterocycles. The fourth-order valence-corrected chi connectivity index (χ4v) is 7.01. The zero-order chi connectivity index (χ0) is 40.7. The molecule has 3 unspecified atom stereocenters. The van der Waals surface area contributed by atoms with Crippen LogP contribution in [0, 0.1) is 0 Å². The van der Waals surface area contributed by atoms with Crippen LogP contribution >= 0.6 is 7.82 Å². The Morgan fingerprint density at radius 2 is 1.09 bits per heavy atom. The van der Waals surface area contributed by atoms with Gasteiger partial charge in [-0.05, 0) is 51.4 Å². The Bertz CT molecular complexity index is 1040. The molecule has 0 spiro atoms. The van der Waals surface area contributed by atoms with Gasteiger partial charge in [0.05, 0.1) is 39.9 Å². The van der Waals surface area contributed by atoms with Crippen LogP contribution in [0.4, 0.5) is 0 Å². The molecular weight excluding hydrogens is 707 g/mol. The molecule has 0 heterocycles. The van der Waals surface area contributed by atoms with Crippen molar-refractivity contribution in [2.75, 3.05) is 40.9 Å². The van der Waals surface area contributed by atoms with Crippen LogP contribution in [0.1, 0.15) is 187 Å². The number of phosphoric acid groups is 1. The summed E-state index contributed by atoms with van der Waals surface area (Å²) < 4.78 is 23.6. The normalized spacial score (nSPS) is 14.8. The highest BCUT2D eigenvalue weighted by Crippen LogP contribution is 2.43. The number of carbonyl (C=O) groups excluding carboxylic acids is 1. The number of allylic oxidation sites excluding steroid dienone is 8. The maximum Gasteiger partial charge on any atom is 0.472 e. The first-order chi connectivity index (χ1) is 26.5. The fraction of sp³-hybridized carbons (Fsp3) is 0.804. The third-order valence-electron chi connectivity index (χ3n) is 9.84. The van der Waals surface area contributed by atoms with E-state index in [1.54, 1.807) is 0 Å². The average Bonchev–Trinajstić information content (AvgIpc) is 3.13. The first-order valence-electron chi connectivity index (χ1n) is 22.5. The summed E-state index contributed by atoms with van der Waals surface area (Å²) in [6, 6.07) is -0.768. The summed E-state index contributed by atoms with van der Waals surface area (Å²) in [5, 5.41) is 13.9. The predicted octanol–water partition coefficient (Wildman–Crippen LogP) is 12.5. The molecule has 0 aromatic rings. The number of aliphatic hydroxyl groups is 1. The van der Waals surface area contributed by atoms with E-state index in [2.05, 4.69) is 67.8 Å². The number of nitrogens with one attached hydrogen (secondary N) is 1. The summed E-state index contributed by atoms with van der Waals surface area (Å²) in [5.41, 5.74) is 0. The Morgan fingerprint density at radius 1 is 0.636 bits per heavy atom. The Kier molecular flexibility index (Phi) is 36.9. The number of rotatable bonds is 40. The van der Waals surface area contributed by atoms with Crippen molar-refractivity contribution in [3.05, 3.63) is 48.6 Å². The molecule has 0 bridgehead atoms. The molecule has 3 atom stereocenters. The number of amides is 1. The molecule has 3 N–H and O–H groups in total. The number of unbranched alkanes of at least 4 members (excludes halogenated alkanes) is 19. The summed E-state index contributed by atoms with van der Waals surface area (Å²) in [6.07, 6.45) is 47.0. The van der Waals surface area contributed by atoms with Gasteiger partial charge in [0.2, 0.25) is 5.91 Å². The molecule has 0 aromatic carbocycles. The van der Waals surface area contributed by atoms with Crippen LogP contribution in [0.2, 0.25) is 0 Å². The molecule has 322 valence electrons. The Balaban J connectivity index is 4.39. The smallest absolute Gasteiger partial charge is 0.391 e. The van der Waals surface area contributed by atoms with Gasteiger partial charge in [-0.25, -0.2) is 4.57 Å². The molecule has 0 aliphatic heterocycles. The molecule has 0 aliphatic rings. The quantitative estimate of drug-likeness (QED) is 0.0247. The third kappa shape index (κ3) is 40.5. The Hall–Kier alpha value is -1.54. The van der Waals surface area contributed by atoms with E-state index in [0.717, 1.165) is 77.0 Å². The van der Waals surface area contributed by atoms with Crippen LogP contribution in [0.25, 0.3) is 0 Å². The lowest BCUT2D eigenvalue weighted by Crippen LogP contribution is -2.46. The van der Waals surface area contributed by atoms with Gasteiger partial charge in [-0.2, -0.15) is 0 Å². The second kappa shape index (κ2) is 38.0. The van der Waals surface area contributed by atoms with Gasteiger partial charge in [-0.1, -0.05) is 178 Å². The standard InChI is InChI=1S/C46H87N2O6P/c1-6-8-10-12-14-16-18-20-22-23-24-25-26-28-30-32-34-36-38-40-46(50)47-44(43-54-55(51,52)53-42-41-48(3,4)5)45(49)39-37-35-33-31-29-27-21-19-17-15-13-11-9-7-2/h8,10,14,16,20,22,24-25,44-45,49H,6-7,9,11-13,15,17-19,21,23,26-43H2,1-5H3,(H-,47,50,51,52)/p+1/b10-8-,16-14-,22-20-,25-24-. The number of phosphoric ester groups is 1. The van der Waals surface area contributed by atoms with Gasteiger partial charge in [0.1, 0.15) is 13.2 Å². The number of aliphatic hydroxyl groups excluding tert-OH is 1. The van der Waals surface area contributed by atoms with E-state index < -0.39 is 20.0 Å². The van der Waals surface area contributed by atoms with Gasteiger partial charge < -0.3 is 19.8 Å². The van der Waals surface area contributed by atoms with Crippen LogP contribution < -0.4 is 5.32 Å². The number of quaternary nitrogens is 1. The van der Waals surface area contributed by atoms with E-state index in [1.807, 2.05) is 21.1 Å². The summed E-state index contributed by atoms with van der Waals surface area (Å²) in [6.45, 7) is 4.75. The highest BCUT2D eigenvalue weighted by molar-refractivity contribution is 7.47. The first kappa shape index (κ1) is 53.5. The van der Waals surface area contributed by atoms with Crippen LogP contribution in [0.5, 0.6) is 0 Å². The second-order valence-corrected chi connectivity index (χ2v) is 17.9. The van der Waals surface area contributed by atoms with Crippen molar-refractivity contribution in [2.45, 2.75) is 199 Å². The lowest BCUT2D eigenvalue weighted by molar-refractivity contribution is -0.870. The minimum atomic E-state index is -4.32. The average molecular weight is 796 g/mol. The van der Waals surface area contributed by atoms with Gasteiger partial charge in [-0.3, -0.25) is 13.8 Å². The number of carbonyl (C=O) groups is 1. The van der Waals surface area contributed by atoms with Gasteiger partial charge >= 0.3 is 7.82 Å². The number of nitrogens with zero attached hydrogens (tertiary/aromatic N) is 1. The molecule has 9 heteroatoms. The molecule has 0 saturated carbocycles. The molecular formula is C46H88N2O6P+. The molecule has 55 heavy (non-hydrogen) atoms. The summed E-state index contributed by atoms with van der Waals surface area (Å²) in [7, 11) is 1.60. The summed E-state index contributed by atoms with van der Waals surface area (Å²) in [5.74, 6) is -0.160. The number of hydrogen-bond donors (Lipinski definition) is 3. The predicted molar refractivity (Wildman–Crippen MR) is 235 cm³/mol. The zero-order valence-corrected chi connectivity index (χ0v) is 37.3. The van der Waals surface area contributed by atoms with Crippen molar-refractivity contribution < 1.29 is 32.9 Å². The largest absolute Gasteiger partial charge is 0.472 e. The first-order valence-corrected chi connectivity index (χ1v) is 24.0. The minimum absolute atomic E-state index is 0.0698. The van der Waals surface area contributed by atoms with Crippen molar-refractivity contribution in [3.8, 4) is 0 Å². The minimum Gasteiger partial charge on any atom is -0.391 e. The van der Waals surface area contributed by atoms with E-state index in [9.17, 15) is 19.4 Å². The van der Waals surface area contributed by atoms with Crippen molar-refractivity contribution in [1.29, 1.82) is 0 Å². The lowest BCUT2D eigenvalue weighted by Gasteiger charge is -2.26. The van der Waals surface area contributed by atoms with E-state index in [-0.39, 0.29) is 19.1 Å². The molecule has 0 fully saturated rings. The van der Waals surface area contributed by atoms with Crippen molar-refractivity contribution in [1.82, 2.24) is 5.32 Å². The Labute approximate surface area is 339 Å². The Morgan fingerprint density at radius 3 is 1.60 bits per heavy atom. The summed E-state index contributed by atoms with van der Waals surface area (Å²) in [4.78, 5) is 23.2. The van der Waals surface area contributed by atoms with E-state index in [4.69, 9.17) is 9.05 Å². The van der Waals surface area contributed by atoms with Crippen molar-refractivity contribution in [3.63, 3.8) is 0 Å². The molecule has 0 radical (unpaired) electrons. The van der Waals surface area contributed by atoms with E-state index >= 15 is 0 Å².